The molecule has 0 aromatic heterocycles. The number of hydrogen-bond acceptors (Lipinski definition) is 2. The second kappa shape index (κ2) is 7.10. The summed E-state index contributed by atoms with van der Waals surface area (Å²) < 4.78 is 0. The van der Waals surface area contributed by atoms with Gasteiger partial charge in [-0.25, -0.2) is 0 Å². The largest absolute Gasteiger partial charge is 0.278 e. The van der Waals surface area contributed by atoms with E-state index in [1.165, 1.54) is 39.0 Å². The molecule has 2 aromatic carbocycles. The molecule has 2 heteroatoms. The number of benzene rings is 2. The number of allylic oxidation sites excluding steroid dienone is 4. The van der Waals surface area contributed by atoms with Crippen LogP contribution in [0.2, 0.25) is 0 Å². The highest BCUT2D eigenvalue weighted by atomic mass is 15.3. The Hall–Kier alpha value is -2.61. The number of hydrazone groups is 1. The first-order valence-electron chi connectivity index (χ1n) is 8.79. The molecule has 128 valence electrons. The van der Waals surface area contributed by atoms with Gasteiger partial charge < -0.3 is 0 Å². The van der Waals surface area contributed by atoms with Crippen LogP contribution in [-0.2, 0) is 0 Å². The van der Waals surface area contributed by atoms with Gasteiger partial charge in [0.15, 0.2) is 0 Å². The van der Waals surface area contributed by atoms with E-state index in [-0.39, 0.29) is 0 Å². The van der Waals surface area contributed by atoms with Crippen molar-refractivity contribution in [3.63, 3.8) is 0 Å². The van der Waals surface area contributed by atoms with Crippen LogP contribution in [0.4, 0.5) is 5.69 Å². The van der Waals surface area contributed by atoms with Crippen LogP contribution in [0, 0.1) is 20.8 Å². The first-order valence-corrected chi connectivity index (χ1v) is 8.79. The van der Waals surface area contributed by atoms with Gasteiger partial charge in [0, 0.05) is 5.56 Å². The van der Waals surface area contributed by atoms with Gasteiger partial charge in [-0.05, 0) is 63.3 Å². The molecule has 0 unspecified atom stereocenters. The monoisotopic (exact) mass is 330 g/mol. The van der Waals surface area contributed by atoms with Crippen molar-refractivity contribution in [2.24, 2.45) is 5.10 Å². The molecule has 0 radical (unpaired) electrons. The van der Waals surface area contributed by atoms with Gasteiger partial charge in [0.2, 0.25) is 0 Å². The lowest BCUT2D eigenvalue weighted by Crippen LogP contribution is -1.98. The van der Waals surface area contributed by atoms with Gasteiger partial charge in [0.25, 0.3) is 0 Å². The fraction of sp³-hybridized carbons (Fsp3) is 0.261. The molecule has 0 spiro atoms. The first-order chi connectivity index (χ1) is 12.0. The predicted molar refractivity (Wildman–Crippen MR) is 109 cm³/mol. The summed E-state index contributed by atoms with van der Waals surface area (Å²) in [5.74, 6) is 0. The minimum atomic E-state index is 1.03. The zero-order valence-corrected chi connectivity index (χ0v) is 15.8. The Morgan fingerprint density at radius 3 is 2.28 bits per heavy atom. The Balaban J connectivity index is 1.83. The molecule has 3 rings (SSSR count). The SMILES string of the molecule is CC1=C(C)CC(c2ccccc2C=NNc2c(C)cc(C)cc2C)=C1. The van der Waals surface area contributed by atoms with Crippen LogP contribution in [0.25, 0.3) is 5.57 Å². The average Bonchev–Trinajstić information content (AvgIpc) is 2.89. The molecule has 0 bridgehead atoms. The van der Waals surface area contributed by atoms with Crippen molar-refractivity contribution < 1.29 is 0 Å². The second-order valence-corrected chi connectivity index (χ2v) is 7.04. The van der Waals surface area contributed by atoms with Crippen LogP contribution in [-0.4, -0.2) is 6.21 Å². The van der Waals surface area contributed by atoms with Crippen LogP contribution < -0.4 is 5.43 Å². The lowest BCUT2D eigenvalue weighted by atomic mass is 9.98. The van der Waals surface area contributed by atoms with E-state index in [2.05, 4.69) is 87.6 Å². The number of rotatable bonds is 4. The van der Waals surface area contributed by atoms with E-state index < -0.39 is 0 Å². The van der Waals surface area contributed by atoms with Gasteiger partial charge in [-0.2, -0.15) is 5.10 Å². The van der Waals surface area contributed by atoms with Crippen molar-refractivity contribution in [3.05, 3.63) is 81.4 Å². The second-order valence-electron chi connectivity index (χ2n) is 7.04. The summed E-state index contributed by atoms with van der Waals surface area (Å²) in [6.07, 6.45) is 5.25. The molecule has 25 heavy (non-hydrogen) atoms. The normalized spacial score (nSPS) is 14.4. The van der Waals surface area contributed by atoms with Crippen LogP contribution in [0.15, 0.2) is 58.7 Å². The number of nitrogens with zero attached hydrogens (tertiary/aromatic N) is 1. The lowest BCUT2D eigenvalue weighted by Gasteiger charge is -2.11. The Labute approximate surface area is 151 Å². The van der Waals surface area contributed by atoms with Crippen molar-refractivity contribution in [1.29, 1.82) is 0 Å². The lowest BCUT2D eigenvalue weighted by molar-refractivity contribution is 1.22. The molecule has 2 aromatic rings. The van der Waals surface area contributed by atoms with Gasteiger partial charge >= 0.3 is 0 Å². The highest BCUT2D eigenvalue weighted by Crippen LogP contribution is 2.33. The van der Waals surface area contributed by atoms with Crippen LogP contribution in [0.1, 0.15) is 48.1 Å². The van der Waals surface area contributed by atoms with E-state index in [1.54, 1.807) is 0 Å². The van der Waals surface area contributed by atoms with Gasteiger partial charge in [0.05, 0.1) is 11.9 Å². The van der Waals surface area contributed by atoms with Crippen LogP contribution >= 0.6 is 0 Å². The van der Waals surface area contributed by atoms with E-state index in [4.69, 9.17) is 0 Å². The smallest absolute Gasteiger partial charge is 0.0620 e. The standard InChI is InChI=1S/C23H26N2/c1-15-10-18(4)23(19(5)11-15)25-24-14-20-8-6-7-9-22(20)21-12-16(2)17(3)13-21/h6-12,14,25H,13H2,1-5H3. The summed E-state index contributed by atoms with van der Waals surface area (Å²) in [4.78, 5) is 0. The highest BCUT2D eigenvalue weighted by Gasteiger charge is 2.13. The summed E-state index contributed by atoms with van der Waals surface area (Å²) in [6.45, 7) is 10.7. The van der Waals surface area contributed by atoms with Crippen molar-refractivity contribution in [1.82, 2.24) is 0 Å². The zero-order chi connectivity index (χ0) is 18.0. The summed E-state index contributed by atoms with van der Waals surface area (Å²) in [5, 5.41) is 4.52. The molecule has 0 heterocycles. The third kappa shape index (κ3) is 3.74. The van der Waals surface area contributed by atoms with Gasteiger partial charge in [0.1, 0.15) is 0 Å². The van der Waals surface area contributed by atoms with Gasteiger partial charge in [-0.1, -0.05) is 59.2 Å². The molecule has 0 amide bonds. The molecular formula is C23H26N2. The van der Waals surface area contributed by atoms with Gasteiger partial charge in [-0.15, -0.1) is 0 Å². The minimum Gasteiger partial charge on any atom is -0.278 e. The van der Waals surface area contributed by atoms with Crippen LogP contribution in [0.5, 0.6) is 0 Å². The molecule has 2 nitrogen and oxygen atoms in total. The zero-order valence-electron chi connectivity index (χ0n) is 15.8. The van der Waals surface area contributed by atoms with Crippen molar-refractivity contribution in [2.75, 3.05) is 5.43 Å². The Kier molecular flexibility index (Phi) is 4.89. The molecule has 0 saturated carbocycles. The first kappa shape index (κ1) is 17.2. The topological polar surface area (TPSA) is 24.4 Å². The van der Waals surface area contributed by atoms with Gasteiger partial charge in [-0.3, -0.25) is 5.43 Å². The maximum absolute atomic E-state index is 4.52. The molecule has 0 saturated heterocycles. The summed E-state index contributed by atoms with van der Waals surface area (Å²) >= 11 is 0. The van der Waals surface area contributed by atoms with E-state index in [9.17, 15) is 0 Å². The number of nitrogens with one attached hydrogen (secondary N) is 1. The molecule has 0 atom stereocenters. The number of anilines is 1. The van der Waals surface area contributed by atoms with Crippen molar-refractivity contribution >= 4 is 17.5 Å². The van der Waals surface area contributed by atoms with Crippen molar-refractivity contribution in [2.45, 2.75) is 41.0 Å². The minimum absolute atomic E-state index is 1.03. The van der Waals surface area contributed by atoms with Crippen molar-refractivity contribution in [3.8, 4) is 0 Å². The highest BCUT2D eigenvalue weighted by molar-refractivity contribution is 5.90. The summed E-state index contributed by atoms with van der Waals surface area (Å²) in [6, 6.07) is 12.8. The van der Waals surface area contributed by atoms with E-state index in [1.807, 2.05) is 6.21 Å². The van der Waals surface area contributed by atoms with E-state index in [0.717, 1.165) is 17.7 Å². The molecule has 1 N–H and O–H groups in total. The maximum Gasteiger partial charge on any atom is 0.0620 e. The summed E-state index contributed by atoms with van der Waals surface area (Å²) in [7, 11) is 0. The maximum atomic E-state index is 4.52. The molecular weight excluding hydrogens is 304 g/mol. The molecule has 1 aliphatic carbocycles. The fourth-order valence-electron chi connectivity index (χ4n) is 3.46. The third-order valence-electron chi connectivity index (χ3n) is 4.88. The third-order valence-corrected chi connectivity index (χ3v) is 4.88. The molecule has 0 fully saturated rings. The average molecular weight is 330 g/mol. The Bertz CT molecular complexity index is 875. The summed E-state index contributed by atoms with van der Waals surface area (Å²) in [5.41, 5.74) is 14.7. The predicted octanol–water partition coefficient (Wildman–Crippen LogP) is 6.18. The van der Waals surface area contributed by atoms with Crippen LogP contribution in [0.3, 0.4) is 0 Å². The fourth-order valence-corrected chi connectivity index (χ4v) is 3.46. The molecule has 1 aliphatic rings. The quantitative estimate of drug-likeness (QED) is 0.525. The Morgan fingerprint density at radius 1 is 0.960 bits per heavy atom. The van der Waals surface area contributed by atoms with E-state index >= 15 is 0 Å². The number of aryl methyl sites for hydroxylation is 3. The number of hydrogen-bond donors (Lipinski definition) is 1. The van der Waals surface area contributed by atoms with E-state index in [0.29, 0.717) is 0 Å². The molecule has 0 aliphatic heterocycles. The Morgan fingerprint density at radius 2 is 1.64 bits per heavy atom.